The van der Waals surface area contributed by atoms with Gasteiger partial charge < -0.3 is 10.2 Å². The first-order valence-corrected chi connectivity index (χ1v) is 7.29. The van der Waals surface area contributed by atoms with Crippen LogP contribution in [0.5, 0.6) is 0 Å². The lowest BCUT2D eigenvalue weighted by Crippen LogP contribution is -2.30. The molecular weight excluding hydrogens is 250 g/mol. The van der Waals surface area contributed by atoms with Crippen molar-refractivity contribution in [1.82, 2.24) is 9.62 Å². The third-order valence-electron chi connectivity index (χ3n) is 2.49. The summed E-state index contributed by atoms with van der Waals surface area (Å²) in [6.45, 7) is 2.84. The lowest BCUT2D eigenvalue weighted by Gasteiger charge is -2.21. The van der Waals surface area contributed by atoms with Gasteiger partial charge >= 0.3 is 0 Å². The molecule has 0 radical (unpaired) electrons. The molecule has 1 unspecified atom stereocenters. The summed E-state index contributed by atoms with van der Waals surface area (Å²) in [7, 11) is 1.94. The monoisotopic (exact) mass is 271 g/mol. The van der Waals surface area contributed by atoms with Gasteiger partial charge in [-0.2, -0.15) is 0 Å². The molecule has 18 heavy (non-hydrogen) atoms. The summed E-state index contributed by atoms with van der Waals surface area (Å²) in [4.78, 5) is 2.32. The minimum atomic E-state index is -3.43. The Kier molecular flexibility index (Phi) is 5.13. The molecule has 0 aliphatic rings. The van der Waals surface area contributed by atoms with Crippen LogP contribution in [0.1, 0.15) is 6.92 Å². The molecule has 2 N–H and O–H groups in total. The van der Waals surface area contributed by atoms with Gasteiger partial charge in [0, 0.05) is 12.6 Å². The number of para-hydroxylation sites is 1. The first-order valence-electron chi connectivity index (χ1n) is 5.80. The molecule has 102 valence electrons. The topological polar surface area (TPSA) is 61.4 Å². The van der Waals surface area contributed by atoms with Crippen LogP contribution in [0.4, 0.5) is 5.69 Å². The second-order valence-electron chi connectivity index (χ2n) is 4.51. The third kappa shape index (κ3) is 3.97. The quantitative estimate of drug-likeness (QED) is 0.809. The third-order valence-corrected chi connectivity index (χ3v) is 3.96. The van der Waals surface area contributed by atoms with E-state index >= 15 is 0 Å². The van der Waals surface area contributed by atoms with E-state index in [1.54, 1.807) is 18.2 Å². The van der Waals surface area contributed by atoms with Crippen molar-refractivity contribution in [2.45, 2.75) is 17.9 Å². The number of nitrogens with zero attached hydrogens (tertiary/aromatic N) is 1. The van der Waals surface area contributed by atoms with Crippen molar-refractivity contribution in [3.05, 3.63) is 24.3 Å². The lowest BCUT2D eigenvalue weighted by molar-refractivity contribution is 0.392. The normalized spacial score (nSPS) is 13.6. The van der Waals surface area contributed by atoms with E-state index in [0.29, 0.717) is 5.69 Å². The van der Waals surface area contributed by atoms with Crippen molar-refractivity contribution in [3.63, 3.8) is 0 Å². The summed E-state index contributed by atoms with van der Waals surface area (Å²) in [5.41, 5.74) is 0.626. The molecule has 0 saturated carbocycles. The number of hydrogen-bond donors (Lipinski definition) is 2. The maximum Gasteiger partial charge on any atom is 0.242 e. The average molecular weight is 271 g/mol. The van der Waals surface area contributed by atoms with Crippen molar-refractivity contribution < 1.29 is 8.42 Å². The molecule has 0 fully saturated rings. The highest BCUT2D eigenvalue weighted by atomic mass is 32.2. The van der Waals surface area contributed by atoms with E-state index in [4.69, 9.17) is 0 Å². The van der Waals surface area contributed by atoms with E-state index < -0.39 is 10.0 Å². The van der Waals surface area contributed by atoms with Crippen LogP contribution in [0.15, 0.2) is 29.2 Å². The maximum atomic E-state index is 11.9. The molecule has 1 aromatic rings. The molecule has 0 aromatic heterocycles. The zero-order valence-electron chi connectivity index (χ0n) is 11.3. The Labute approximate surface area is 109 Å². The predicted octanol–water partition coefficient (Wildman–Crippen LogP) is 0.957. The second-order valence-corrected chi connectivity index (χ2v) is 6.37. The average Bonchev–Trinajstić information content (AvgIpc) is 2.28. The molecule has 0 spiro atoms. The summed E-state index contributed by atoms with van der Waals surface area (Å²) < 4.78 is 26.1. The number of benzene rings is 1. The fourth-order valence-corrected chi connectivity index (χ4v) is 2.68. The molecule has 0 amide bonds. The van der Waals surface area contributed by atoms with Gasteiger partial charge in [-0.1, -0.05) is 12.1 Å². The van der Waals surface area contributed by atoms with Crippen LogP contribution < -0.4 is 10.0 Å². The van der Waals surface area contributed by atoms with Crippen molar-refractivity contribution in [1.29, 1.82) is 0 Å². The highest BCUT2D eigenvalue weighted by molar-refractivity contribution is 7.89. The van der Waals surface area contributed by atoms with E-state index in [1.807, 2.05) is 32.0 Å². The molecule has 1 aromatic carbocycles. The summed E-state index contributed by atoms with van der Waals surface area (Å²) in [6.07, 6.45) is 0. The molecule has 5 nitrogen and oxygen atoms in total. The van der Waals surface area contributed by atoms with E-state index in [9.17, 15) is 8.42 Å². The van der Waals surface area contributed by atoms with Gasteiger partial charge in [0.05, 0.1) is 5.69 Å². The molecule has 1 atom stereocenters. The van der Waals surface area contributed by atoms with Gasteiger partial charge in [-0.05, 0) is 40.2 Å². The molecule has 0 bridgehead atoms. The van der Waals surface area contributed by atoms with E-state index in [-0.39, 0.29) is 10.9 Å². The van der Waals surface area contributed by atoms with Crippen LogP contribution in [0, 0.1) is 0 Å². The number of likely N-dealkylation sites (N-methyl/N-ethyl adjacent to an activating group) is 1. The minimum absolute atomic E-state index is 0.160. The highest BCUT2D eigenvalue weighted by Gasteiger charge is 2.17. The second kappa shape index (κ2) is 6.17. The van der Waals surface area contributed by atoms with Crippen LogP contribution in [0.3, 0.4) is 0 Å². The molecular formula is C12H21N3O2S. The zero-order valence-corrected chi connectivity index (χ0v) is 12.1. The van der Waals surface area contributed by atoms with Gasteiger partial charge in [-0.3, -0.25) is 0 Å². The number of sulfonamides is 1. The predicted molar refractivity (Wildman–Crippen MR) is 74.3 cm³/mol. The van der Waals surface area contributed by atoms with Crippen LogP contribution in [-0.2, 0) is 10.0 Å². The molecule has 0 aliphatic carbocycles. The first-order chi connectivity index (χ1) is 8.36. The Morgan fingerprint density at radius 1 is 1.28 bits per heavy atom. The number of rotatable bonds is 6. The van der Waals surface area contributed by atoms with Gasteiger partial charge in [-0.25, -0.2) is 13.1 Å². The fraction of sp³-hybridized carbons (Fsp3) is 0.500. The Morgan fingerprint density at radius 3 is 2.44 bits per heavy atom. The molecule has 0 aliphatic heterocycles. The van der Waals surface area contributed by atoms with Crippen molar-refractivity contribution in [2.75, 3.05) is 33.0 Å². The fourth-order valence-electron chi connectivity index (χ4n) is 1.79. The lowest BCUT2D eigenvalue weighted by atomic mass is 10.2. The van der Waals surface area contributed by atoms with E-state index in [2.05, 4.69) is 10.0 Å². The molecule has 0 heterocycles. The zero-order chi connectivity index (χ0) is 13.8. The molecule has 6 heteroatoms. The van der Waals surface area contributed by atoms with E-state index in [0.717, 1.165) is 6.54 Å². The minimum Gasteiger partial charge on any atom is -0.380 e. The van der Waals surface area contributed by atoms with Gasteiger partial charge in [0.25, 0.3) is 0 Å². The Balaban J connectivity index is 2.97. The Bertz CT molecular complexity index is 486. The van der Waals surface area contributed by atoms with Gasteiger partial charge in [0.1, 0.15) is 4.90 Å². The van der Waals surface area contributed by atoms with Crippen LogP contribution in [0.2, 0.25) is 0 Å². The number of hydrogen-bond acceptors (Lipinski definition) is 4. The summed E-state index contributed by atoms with van der Waals surface area (Å²) >= 11 is 0. The van der Waals surface area contributed by atoms with Crippen molar-refractivity contribution >= 4 is 15.7 Å². The summed E-state index contributed by atoms with van der Waals surface area (Å²) in [6, 6.07) is 7.06. The SMILES string of the molecule is CNS(=O)(=O)c1ccccc1NC(C)CN(C)C. The van der Waals surface area contributed by atoms with Crippen LogP contribution in [-0.4, -0.2) is 47.0 Å². The van der Waals surface area contributed by atoms with Crippen molar-refractivity contribution in [2.24, 2.45) is 0 Å². The standard InChI is InChI=1S/C12H21N3O2S/c1-10(9-15(3)4)14-11-7-5-6-8-12(11)18(16,17)13-2/h5-8,10,13-14H,9H2,1-4H3. The van der Waals surface area contributed by atoms with Gasteiger partial charge in [0.15, 0.2) is 0 Å². The largest absolute Gasteiger partial charge is 0.380 e. The Hall–Kier alpha value is -1.11. The highest BCUT2D eigenvalue weighted by Crippen LogP contribution is 2.21. The van der Waals surface area contributed by atoms with Gasteiger partial charge in [-0.15, -0.1) is 0 Å². The summed E-state index contributed by atoms with van der Waals surface area (Å²) in [5.74, 6) is 0. The first kappa shape index (κ1) is 14.9. The number of nitrogens with one attached hydrogen (secondary N) is 2. The van der Waals surface area contributed by atoms with Crippen LogP contribution in [0.25, 0.3) is 0 Å². The molecule has 0 saturated heterocycles. The van der Waals surface area contributed by atoms with Crippen LogP contribution >= 0.6 is 0 Å². The van der Waals surface area contributed by atoms with Gasteiger partial charge in [0.2, 0.25) is 10.0 Å². The summed E-state index contributed by atoms with van der Waals surface area (Å²) in [5, 5.41) is 3.22. The smallest absolute Gasteiger partial charge is 0.242 e. The number of anilines is 1. The Morgan fingerprint density at radius 2 is 1.89 bits per heavy atom. The molecule has 1 rings (SSSR count). The van der Waals surface area contributed by atoms with E-state index in [1.165, 1.54) is 7.05 Å². The maximum absolute atomic E-state index is 11.9. The van der Waals surface area contributed by atoms with Crippen molar-refractivity contribution in [3.8, 4) is 0 Å².